The molecule has 27 heavy (non-hydrogen) atoms. The molecular weight excluding hydrogens is 370 g/mol. The average molecular weight is 394 g/mol. The standard InChI is InChI=1S/C19H23N3O4.ClH/c23-19(24)13-1-3-15(4-2-13)26-18-10-14(22-5-7-25-8-6-22)9-17-16(18)11-20-12-21-17;/h9-13,15H,1-8H2,(H,23,24);1H. The van der Waals surface area contributed by atoms with Gasteiger partial charge in [0.15, 0.2) is 0 Å². The van der Waals surface area contributed by atoms with Crippen molar-refractivity contribution in [3.05, 3.63) is 24.7 Å². The third-order valence-corrected chi connectivity index (χ3v) is 5.27. The lowest BCUT2D eigenvalue weighted by Gasteiger charge is -2.30. The van der Waals surface area contributed by atoms with Crippen molar-refractivity contribution in [2.45, 2.75) is 31.8 Å². The molecule has 0 atom stereocenters. The van der Waals surface area contributed by atoms with Gasteiger partial charge in [0.25, 0.3) is 0 Å². The van der Waals surface area contributed by atoms with E-state index in [0.717, 1.165) is 61.5 Å². The number of halogens is 1. The summed E-state index contributed by atoms with van der Waals surface area (Å²) in [4.78, 5) is 22.0. The van der Waals surface area contributed by atoms with Crippen molar-refractivity contribution < 1.29 is 19.4 Å². The Hall–Kier alpha value is -2.12. The van der Waals surface area contributed by atoms with E-state index >= 15 is 0 Å². The molecule has 2 fully saturated rings. The van der Waals surface area contributed by atoms with Crippen molar-refractivity contribution in [3.8, 4) is 5.75 Å². The number of morpholine rings is 1. The van der Waals surface area contributed by atoms with Gasteiger partial charge in [0.05, 0.1) is 36.1 Å². The first-order valence-electron chi connectivity index (χ1n) is 9.16. The SMILES string of the molecule is Cl.O=C(O)C1CCC(Oc2cc(N3CCOCC3)cc3ncncc23)CC1. The molecule has 1 aliphatic carbocycles. The molecule has 1 saturated carbocycles. The summed E-state index contributed by atoms with van der Waals surface area (Å²) in [5.41, 5.74) is 1.94. The Morgan fingerprint density at radius 2 is 1.93 bits per heavy atom. The first-order valence-corrected chi connectivity index (χ1v) is 9.16. The number of hydrogen-bond donors (Lipinski definition) is 1. The van der Waals surface area contributed by atoms with Crippen LogP contribution in [-0.4, -0.2) is 53.5 Å². The number of anilines is 1. The monoisotopic (exact) mass is 393 g/mol. The normalized spacial score (nSPS) is 22.9. The molecule has 1 aromatic carbocycles. The van der Waals surface area contributed by atoms with E-state index in [1.54, 1.807) is 12.5 Å². The number of aromatic nitrogens is 2. The lowest BCUT2D eigenvalue weighted by atomic mass is 9.87. The number of aliphatic carboxylic acids is 1. The number of rotatable bonds is 4. The Labute approximate surface area is 164 Å². The van der Waals surface area contributed by atoms with Crippen LogP contribution in [0, 0.1) is 5.92 Å². The second kappa shape index (κ2) is 8.71. The summed E-state index contributed by atoms with van der Waals surface area (Å²) in [6.45, 7) is 3.13. The van der Waals surface area contributed by atoms with Gasteiger partial charge in [0.2, 0.25) is 0 Å². The number of ether oxygens (including phenoxy) is 2. The third-order valence-electron chi connectivity index (χ3n) is 5.27. The molecule has 1 aromatic heterocycles. The minimum atomic E-state index is -0.698. The van der Waals surface area contributed by atoms with Crippen LogP contribution in [0.1, 0.15) is 25.7 Å². The van der Waals surface area contributed by atoms with Gasteiger partial charge in [-0.3, -0.25) is 4.79 Å². The van der Waals surface area contributed by atoms with Crippen LogP contribution in [-0.2, 0) is 9.53 Å². The van der Waals surface area contributed by atoms with Crippen molar-refractivity contribution in [1.29, 1.82) is 0 Å². The van der Waals surface area contributed by atoms with Crippen LogP contribution < -0.4 is 9.64 Å². The minimum absolute atomic E-state index is 0. The molecule has 0 radical (unpaired) electrons. The number of hydrogen-bond acceptors (Lipinski definition) is 6. The Bertz CT molecular complexity index is 790. The summed E-state index contributed by atoms with van der Waals surface area (Å²) in [5, 5.41) is 10.1. The van der Waals surface area contributed by atoms with Gasteiger partial charge in [0.1, 0.15) is 12.1 Å². The molecule has 146 valence electrons. The van der Waals surface area contributed by atoms with Gasteiger partial charge in [-0.05, 0) is 31.7 Å². The van der Waals surface area contributed by atoms with E-state index in [2.05, 4.69) is 27.0 Å². The predicted molar refractivity (Wildman–Crippen MR) is 104 cm³/mol. The van der Waals surface area contributed by atoms with Crippen LogP contribution in [0.4, 0.5) is 5.69 Å². The van der Waals surface area contributed by atoms with Gasteiger partial charge in [-0.1, -0.05) is 0 Å². The maximum atomic E-state index is 11.1. The molecule has 7 nitrogen and oxygen atoms in total. The van der Waals surface area contributed by atoms with E-state index in [-0.39, 0.29) is 24.4 Å². The Kier molecular flexibility index (Phi) is 6.34. The van der Waals surface area contributed by atoms with Crippen molar-refractivity contribution in [3.63, 3.8) is 0 Å². The van der Waals surface area contributed by atoms with Gasteiger partial charge in [0, 0.05) is 31.0 Å². The Morgan fingerprint density at radius 3 is 2.63 bits per heavy atom. The van der Waals surface area contributed by atoms with Crippen LogP contribution in [0.25, 0.3) is 10.9 Å². The zero-order valence-corrected chi connectivity index (χ0v) is 15.9. The van der Waals surface area contributed by atoms with E-state index in [4.69, 9.17) is 14.6 Å². The first-order chi connectivity index (χ1) is 12.7. The lowest BCUT2D eigenvalue weighted by molar-refractivity contribution is -0.143. The summed E-state index contributed by atoms with van der Waals surface area (Å²) in [7, 11) is 0. The molecule has 1 aliphatic heterocycles. The van der Waals surface area contributed by atoms with Crippen molar-refractivity contribution in [2.75, 3.05) is 31.2 Å². The molecule has 0 bridgehead atoms. The molecule has 0 spiro atoms. The molecule has 4 rings (SSSR count). The number of fused-ring (bicyclic) bond motifs is 1. The van der Waals surface area contributed by atoms with Crippen LogP contribution in [0.3, 0.4) is 0 Å². The van der Waals surface area contributed by atoms with E-state index in [9.17, 15) is 4.79 Å². The van der Waals surface area contributed by atoms with Crippen molar-refractivity contribution in [1.82, 2.24) is 9.97 Å². The van der Waals surface area contributed by atoms with Gasteiger partial charge in [-0.25, -0.2) is 9.97 Å². The number of benzene rings is 1. The highest BCUT2D eigenvalue weighted by Crippen LogP contribution is 2.34. The highest BCUT2D eigenvalue weighted by atomic mass is 35.5. The van der Waals surface area contributed by atoms with Crippen molar-refractivity contribution in [2.24, 2.45) is 5.92 Å². The zero-order valence-electron chi connectivity index (χ0n) is 15.0. The predicted octanol–water partition coefficient (Wildman–Crippen LogP) is 2.91. The molecule has 2 heterocycles. The fourth-order valence-corrected chi connectivity index (χ4v) is 3.75. The molecule has 8 heteroatoms. The smallest absolute Gasteiger partial charge is 0.306 e. The maximum Gasteiger partial charge on any atom is 0.306 e. The first kappa shape index (κ1) is 19.6. The van der Waals surface area contributed by atoms with Crippen molar-refractivity contribution >= 4 is 35.0 Å². The van der Waals surface area contributed by atoms with Crippen LogP contribution >= 0.6 is 12.4 Å². The lowest BCUT2D eigenvalue weighted by Crippen LogP contribution is -2.36. The quantitative estimate of drug-likeness (QED) is 0.854. The van der Waals surface area contributed by atoms with Gasteiger partial charge in [-0.2, -0.15) is 0 Å². The Morgan fingerprint density at radius 1 is 1.19 bits per heavy atom. The van der Waals surface area contributed by atoms with Gasteiger partial charge >= 0.3 is 5.97 Å². The van der Waals surface area contributed by atoms with Gasteiger partial charge < -0.3 is 19.5 Å². The second-order valence-corrected chi connectivity index (χ2v) is 6.93. The molecule has 0 amide bonds. The van der Waals surface area contributed by atoms with E-state index in [1.165, 1.54) is 0 Å². The summed E-state index contributed by atoms with van der Waals surface area (Å²) >= 11 is 0. The fourth-order valence-electron chi connectivity index (χ4n) is 3.75. The summed E-state index contributed by atoms with van der Waals surface area (Å²) in [5.74, 6) is -0.158. The highest BCUT2D eigenvalue weighted by Gasteiger charge is 2.27. The Balaban J connectivity index is 0.00000210. The summed E-state index contributed by atoms with van der Waals surface area (Å²) < 4.78 is 11.7. The summed E-state index contributed by atoms with van der Waals surface area (Å²) in [6, 6.07) is 4.12. The van der Waals surface area contributed by atoms with E-state index < -0.39 is 5.97 Å². The minimum Gasteiger partial charge on any atom is -0.490 e. The molecule has 0 unspecified atom stereocenters. The fraction of sp³-hybridized carbons (Fsp3) is 0.526. The van der Waals surface area contributed by atoms with Crippen LogP contribution in [0.2, 0.25) is 0 Å². The molecule has 2 aromatic rings. The van der Waals surface area contributed by atoms with E-state index in [0.29, 0.717) is 12.8 Å². The average Bonchev–Trinajstić information content (AvgIpc) is 2.69. The van der Waals surface area contributed by atoms with Crippen LogP contribution in [0.5, 0.6) is 5.75 Å². The number of carboxylic acid groups (broad SMARTS) is 1. The van der Waals surface area contributed by atoms with Gasteiger partial charge in [-0.15, -0.1) is 12.4 Å². The topological polar surface area (TPSA) is 84.8 Å². The molecule has 1 N–H and O–H groups in total. The molecular formula is C19H24ClN3O4. The summed E-state index contributed by atoms with van der Waals surface area (Å²) in [6.07, 6.45) is 6.21. The molecule has 2 aliphatic rings. The van der Waals surface area contributed by atoms with Crippen LogP contribution in [0.15, 0.2) is 24.7 Å². The zero-order chi connectivity index (χ0) is 17.9. The number of carbonyl (C=O) groups is 1. The largest absolute Gasteiger partial charge is 0.490 e. The number of nitrogens with zero attached hydrogens (tertiary/aromatic N) is 3. The van der Waals surface area contributed by atoms with E-state index in [1.807, 2.05) is 0 Å². The number of carboxylic acids is 1. The third kappa shape index (κ3) is 4.42. The highest BCUT2D eigenvalue weighted by molar-refractivity contribution is 5.88. The molecule has 1 saturated heterocycles. The maximum absolute atomic E-state index is 11.1. The second-order valence-electron chi connectivity index (χ2n) is 6.93.